The van der Waals surface area contributed by atoms with Crippen molar-refractivity contribution in [1.29, 1.82) is 0 Å². The predicted molar refractivity (Wildman–Crippen MR) is 301 cm³/mol. The highest BCUT2D eigenvalue weighted by Crippen LogP contribution is 2.58. The van der Waals surface area contributed by atoms with Crippen molar-refractivity contribution in [3.05, 3.63) is 285 Å². The van der Waals surface area contributed by atoms with E-state index in [0.717, 1.165) is 76.5 Å². The van der Waals surface area contributed by atoms with Gasteiger partial charge in [0.2, 0.25) is 0 Å². The van der Waals surface area contributed by atoms with Gasteiger partial charge in [-0.2, -0.15) is 0 Å². The van der Waals surface area contributed by atoms with Crippen molar-refractivity contribution in [1.82, 2.24) is 0 Å². The van der Waals surface area contributed by atoms with Crippen LogP contribution in [0, 0.1) is 0 Å². The summed E-state index contributed by atoms with van der Waals surface area (Å²) < 4.78 is 0. The summed E-state index contributed by atoms with van der Waals surface area (Å²) in [7, 11) is 0. The summed E-state index contributed by atoms with van der Waals surface area (Å²) >= 11 is 0. The van der Waals surface area contributed by atoms with Crippen LogP contribution in [0.5, 0.6) is 34.5 Å². The average Bonchev–Trinajstić information content (AvgIpc) is 3.93. The maximum Gasteiger partial charge on any atom is 0.122 e. The van der Waals surface area contributed by atoms with E-state index in [2.05, 4.69) is 60.7 Å². The third-order valence-corrected chi connectivity index (χ3v) is 15.9. The summed E-state index contributed by atoms with van der Waals surface area (Å²) in [6.45, 7) is 0. The first kappa shape index (κ1) is 45.4. The molecule has 1 aliphatic rings. The van der Waals surface area contributed by atoms with Crippen LogP contribution in [0.3, 0.4) is 0 Å². The van der Waals surface area contributed by atoms with E-state index in [1.165, 1.54) is 0 Å². The van der Waals surface area contributed by atoms with E-state index in [1.54, 1.807) is 24.3 Å². The highest BCUT2D eigenvalue weighted by Gasteiger charge is 2.47. The van der Waals surface area contributed by atoms with Crippen LogP contribution in [0.15, 0.2) is 218 Å². The van der Waals surface area contributed by atoms with E-state index in [-0.39, 0.29) is 60.2 Å². The van der Waals surface area contributed by atoms with Crippen molar-refractivity contribution < 1.29 is 30.6 Å². The molecule has 75 heavy (non-hydrogen) atoms. The number of rotatable bonds is 10. The lowest BCUT2D eigenvalue weighted by Gasteiger charge is -2.36. The molecular formula is C69H50O6. The Hall–Kier alpha value is -9.52. The third kappa shape index (κ3) is 7.40. The van der Waals surface area contributed by atoms with Gasteiger partial charge >= 0.3 is 0 Å². The lowest BCUT2D eigenvalue weighted by molar-refractivity contribution is 0.456. The predicted octanol–water partition coefficient (Wildman–Crippen LogP) is 15.3. The van der Waals surface area contributed by atoms with Crippen LogP contribution in [-0.2, 0) is 31.1 Å². The van der Waals surface area contributed by atoms with Crippen LogP contribution in [-0.4, -0.2) is 30.6 Å². The molecule has 0 bridgehead atoms. The minimum absolute atomic E-state index is 0.0538. The maximum absolute atomic E-state index is 12.9. The minimum Gasteiger partial charge on any atom is -0.508 e. The molecule has 0 unspecified atom stereocenters. The first-order chi connectivity index (χ1) is 36.6. The van der Waals surface area contributed by atoms with Gasteiger partial charge in [0.25, 0.3) is 0 Å². The van der Waals surface area contributed by atoms with Crippen molar-refractivity contribution >= 4 is 43.1 Å². The molecule has 0 radical (unpaired) electrons. The smallest absolute Gasteiger partial charge is 0.122 e. The second-order valence-corrected chi connectivity index (χ2v) is 20.0. The van der Waals surface area contributed by atoms with Gasteiger partial charge in [0.1, 0.15) is 34.5 Å². The third-order valence-electron chi connectivity index (χ3n) is 15.9. The Morgan fingerprint density at radius 3 is 0.813 bits per heavy atom. The molecule has 13 rings (SSSR count). The Morgan fingerprint density at radius 2 is 0.520 bits per heavy atom. The summed E-state index contributed by atoms with van der Waals surface area (Å²) in [4.78, 5) is 0. The van der Waals surface area contributed by atoms with E-state index in [1.807, 2.05) is 133 Å². The summed E-state index contributed by atoms with van der Waals surface area (Å²) in [5.41, 5.74) is 9.53. The first-order valence-corrected chi connectivity index (χ1v) is 25.3. The highest BCUT2D eigenvalue weighted by atomic mass is 16.3. The molecule has 362 valence electrons. The summed E-state index contributed by atoms with van der Waals surface area (Å²) in [6.07, 6.45) is 0.697. The summed E-state index contributed by atoms with van der Waals surface area (Å²) in [5.74, 6) is 0.549. The average molecular weight is 975 g/mol. The highest BCUT2D eigenvalue weighted by molar-refractivity contribution is 5.92. The van der Waals surface area contributed by atoms with Crippen LogP contribution < -0.4 is 0 Å². The standard InChI is InChI=1S/C69H50O6/c70-63-29-25-41-13-1-5-17-51(41)57(63)37-45-33-49(34-46(67(45)74)38-58-52-18-6-2-14-42(52)26-30-64(58)71)69(61-23-11-9-21-55(61)56-22-10-12-24-62(56)69)50-35-47(39-59-53-19-7-3-15-43(53)27-31-65(59)72)68(75)48(36-50)40-60-54-20-8-4-16-44(54)28-32-66(60)73/h1-36,70-75H,37-40H2. The zero-order valence-corrected chi connectivity index (χ0v) is 40.8. The van der Waals surface area contributed by atoms with Crippen molar-refractivity contribution in [2.45, 2.75) is 31.1 Å². The number of fused-ring (bicyclic) bond motifs is 7. The van der Waals surface area contributed by atoms with Crippen molar-refractivity contribution in [3.8, 4) is 45.6 Å². The Labute approximate surface area is 433 Å². The molecule has 0 aliphatic heterocycles. The van der Waals surface area contributed by atoms with Crippen LogP contribution >= 0.6 is 0 Å². The van der Waals surface area contributed by atoms with Gasteiger partial charge in [0, 0.05) is 47.9 Å². The fraction of sp³-hybridized carbons (Fsp3) is 0.0725. The molecule has 1 aliphatic carbocycles. The largest absolute Gasteiger partial charge is 0.508 e. The van der Waals surface area contributed by atoms with Crippen LogP contribution in [0.1, 0.15) is 66.8 Å². The summed E-state index contributed by atoms with van der Waals surface area (Å²) in [5, 5.41) is 79.9. The molecule has 0 spiro atoms. The van der Waals surface area contributed by atoms with Crippen molar-refractivity contribution in [3.63, 3.8) is 0 Å². The number of hydrogen-bond acceptors (Lipinski definition) is 6. The second-order valence-electron chi connectivity index (χ2n) is 20.0. The van der Waals surface area contributed by atoms with E-state index in [0.29, 0.717) is 44.5 Å². The lowest BCUT2D eigenvalue weighted by Crippen LogP contribution is -2.29. The molecule has 0 heterocycles. The van der Waals surface area contributed by atoms with Gasteiger partial charge in [-0.25, -0.2) is 0 Å². The van der Waals surface area contributed by atoms with Gasteiger partial charge in [-0.15, -0.1) is 0 Å². The molecule has 0 fully saturated rings. The molecule has 12 aromatic carbocycles. The zero-order chi connectivity index (χ0) is 51.0. The van der Waals surface area contributed by atoms with E-state index in [9.17, 15) is 30.6 Å². The van der Waals surface area contributed by atoms with E-state index < -0.39 is 5.41 Å². The van der Waals surface area contributed by atoms with Crippen LogP contribution in [0.2, 0.25) is 0 Å². The zero-order valence-electron chi connectivity index (χ0n) is 40.8. The molecule has 0 aromatic heterocycles. The van der Waals surface area contributed by atoms with Gasteiger partial charge in [-0.1, -0.05) is 194 Å². The molecule has 12 aromatic rings. The van der Waals surface area contributed by atoms with Gasteiger partial charge in [0.05, 0.1) is 5.41 Å². The van der Waals surface area contributed by atoms with E-state index >= 15 is 0 Å². The Kier molecular flexibility index (Phi) is 10.8. The fourth-order valence-corrected chi connectivity index (χ4v) is 12.3. The fourth-order valence-electron chi connectivity index (χ4n) is 12.3. The van der Waals surface area contributed by atoms with Crippen molar-refractivity contribution in [2.24, 2.45) is 0 Å². The number of hydrogen-bond donors (Lipinski definition) is 6. The first-order valence-electron chi connectivity index (χ1n) is 25.3. The minimum atomic E-state index is -1.12. The number of phenols is 6. The van der Waals surface area contributed by atoms with Crippen molar-refractivity contribution in [2.75, 3.05) is 0 Å². The molecule has 0 saturated heterocycles. The quantitative estimate of drug-likeness (QED) is 0.0812. The van der Waals surface area contributed by atoms with Gasteiger partial charge in [0.15, 0.2) is 0 Å². The maximum atomic E-state index is 12.9. The lowest BCUT2D eigenvalue weighted by atomic mass is 9.66. The Morgan fingerprint density at radius 1 is 0.267 bits per heavy atom. The normalized spacial score (nSPS) is 12.6. The van der Waals surface area contributed by atoms with Crippen LogP contribution in [0.4, 0.5) is 0 Å². The second kappa shape index (κ2) is 17.9. The monoisotopic (exact) mass is 974 g/mol. The molecular weight excluding hydrogens is 925 g/mol. The number of aromatic hydroxyl groups is 6. The van der Waals surface area contributed by atoms with Crippen LogP contribution in [0.25, 0.3) is 54.2 Å². The molecule has 6 nitrogen and oxygen atoms in total. The Balaban J connectivity index is 1.13. The number of phenolic OH excluding ortho intramolecular Hbond substituents is 6. The van der Waals surface area contributed by atoms with Gasteiger partial charge in [-0.3, -0.25) is 0 Å². The molecule has 6 heteroatoms. The molecule has 0 atom stereocenters. The summed E-state index contributed by atoms with van der Waals surface area (Å²) in [6, 6.07) is 71.2. The van der Waals surface area contributed by atoms with Gasteiger partial charge in [-0.05, 0) is 123 Å². The molecule has 6 N–H and O–H groups in total. The Bertz CT molecular complexity index is 3790. The SMILES string of the molecule is Oc1ccc2ccccc2c1Cc1cc(C2(c3cc(Cc4c(O)ccc5ccccc45)c(O)c(Cc4c(O)ccc5ccccc45)c3)c3ccccc3-c3ccccc32)cc(Cc2c(O)ccc3ccccc23)c1O. The molecule has 0 saturated carbocycles. The molecule has 0 amide bonds. The number of benzene rings is 12. The van der Waals surface area contributed by atoms with Gasteiger partial charge < -0.3 is 30.6 Å². The van der Waals surface area contributed by atoms with E-state index in [4.69, 9.17) is 0 Å². The topological polar surface area (TPSA) is 121 Å².